The van der Waals surface area contributed by atoms with Crippen molar-refractivity contribution in [2.24, 2.45) is 5.73 Å². The van der Waals surface area contributed by atoms with Gasteiger partial charge >= 0.3 is 0 Å². The van der Waals surface area contributed by atoms with E-state index in [1.54, 1.807) is 30.3 Å². The number of nitrogens with one attached hydrogen (secondary N) is 1. The van der Waals surface area contributed by atoms with Crippen LogP contribution in [0.4, 0.5) is 5.69 Å². The molecule has 138 valence electrons. The van der Waals surface area contributed by atoms with E-state index in [9.17, 15) is 13.2 Å². The highest BCUT2D eigenvalue weighted by Crippen LogP contribution is 2.29. The number of nitrogens with zero attached hydrogens (tertiary/aromatic N) is 1. The summed E-state index contributed by atoms with van der Waals surface area (Å²) in [7, 11) is -3.67. The number of rotatable bonds is 5. The maximum Gasteiger partial charge on any atom is 0.255 e. The third-order valence-corrected chi connectivity index (χ3v) is 6.70. The maximum atomic E-state index is 12.8. The zero-order valence-corrected chi connectivity index (χ0v) is 15.7. The van der Waals surface area contributed by atoms with Crippen LogP contribution in [0.3, 0.4) is 0 Å². The molecule has 8 heteroatoms. The van der Waals surface area contributed by atoms with Gasteiger partial charge < -0.3 is 11.1 Å². The summed E-state index contributed by atoms with van der Waals surface area (Å²) in [5.41, 5.74) is 7.31. The quantitative estimate of drug-likeness (QED) is 0.816. The number of benzene rings is 2. The van der Waals surface area contributed by atoms with E-state index >= 15 is 0 Å². The first kappa shape index (κ1) is 18.8. The molecule has 0 bridgehead atoms. The summed E-state index contributed by atoms with van der Waals surface area (Å²) >= 11 is 6.12. The molecular weight excluding hydrogens is 374 g/mol. The molecule has 0 saturated carbocycles. The number of hydrogen-bond donors (Lipinski definition) is 2. The van der Waals surface area contributed by atoms with Gasteiger partial charge in [0.15, 0.2) is 0 Å². The van der Waals surface area contributed by atoms with Crippen LogP contribution in [0.15, 0.2) is 47.4 Å². The molecule has 6 nitrogen and oxygen atoms in total. The molecule has 0 aromatic heterocycles. The molecule has 3 rings (SSSR count). The summed E-state index contributed by atoms with van der Waals surface area (Å²) in [6, 6.07) is 11.4. The number of halogens is 1. The average molecular weight is 394 g/mol. The first-order chi connectivity index (χ1) is 12.4. The molecule has 2 aromatic rings. The molecule has 2 aromatic carbocycles. The van der Waals surface area contributed by atoms with Gasteiger partial charge in [-0.05, 0) is 48.7 Å². The predicted molar refractivity (Wildman–Crippen MR) is 102 cm³/mol. The Bertz CT molecular complexity index is 908. The smallest absolute Gasteiger partial charge is 0.255 e. The number of hydrogen-bond acceptors (Lipinski definition) is 4. The SMILES string of the molecule is NCc1ccc(C(=O)Nc2ccc(Cl)c(S(=O)(=O)N3CCCC3)c2)cc1. The number of sulfonamides is 1. The number of carbonyl (C=O) groups is 1. The van der Waals surface area contributed by atoms with E-state index < -0.39 is 10.0 Å². The number of amides is 1. The van der Waals surface area contributed by atoms with Crippen LogP contribution in [0.2, 0.25) is 5.02 Å². The molecule has 3 N–H and O–H groups in total. The van der Waals surface area contributed by atoms with Crippen molar-refractivity contribution in [3.05, 3.63) is 58.6 Å². The Morgan fingerprint density at radius 3 is 2.38 bits per heavy atom. The molecule has 0 radical (unpaired) electrons. The lowest BCUT2D eigenvalue weighted by Crippen LogP contribution is -2.28. The summed E-state index contributed by atoms with van der Waals surface area (Å²) in [4.78, 5) is 12.4. The van der Waals surface area contributed by atoms with Crippen LogP contribution in [0.25, 0.3) is 0 Å². The van der Waals surface area contributed by atoms with Crippen molar-refractivity contribution >= 4 is 33.2 Å². The third-order valence-electron chi connectivity index (χ3n) is 4.32. The van der Waals surface area contributed by atoms with Crippen LogP contribution < -0.4 is 11.1 Å². The Hall–Kier alpha value is -1.93. The normalized spacial score (nSPS) is 15.2. The van der Waals surface area contributed by atoms with Crippen LogP contribution in [0, 0.1) is 0 Å². The molecule has 1 fully saturated rings. The van der Waals surface area contributed by atoms with E-state index in [-0.39, 0.29) is 15.8 Å². The van der Waals surface area contributed by atoms with Gasteiger partial charge in [-0.1, -0.05) is 23.7 Å². The van der Waals surface area contributed by atoms with Gasteiger partial charge in [-0.2, -0.15) is 4.31 Å². The molecule has 1 saturated heterocycles. The van der Waals surface area contributed by atoms with Crippen molar-refractivity contribution < 1.29 is 13.2 Å². The Kier molecular flexibility index (Phi) is 5.62. The standard InChI is InChI=1S/C18H20ClN3O3S/c19-16-8-7-15(11-17(16)26(24,25)22-9-1-2-10-22)21-18(23)14-5-3-13(12-20)4-6-14/h3-8,11H,1-2,9-10,12,20H2,(H,21,23). The monoisotopic (exact) mass is 393 g/mol. The molecule has 0 atom stereocenters. The fourth-order valence-corrected chi connectivity index (χ4v) is 4.86. The topological polar surface area (TPSA) is 92.5 Å². The molecule has 1 aliphatic heterocycles. The maximum absolute atomic E-state index is 12.8. The van der Waals surface area contributed by atoms with Gasteiger partial charge in [0.1, 0.15) is 4.90 Å². The van der Waals surface area contributed by atoms with Crippen LogP contribution in [0.1, 0.15) is 28.8 Å². The first-order valence-electron chi connectivity index (χ1n) is 8.32. The van der Waals surface area contributed by atoms with Crippen LogP contribution in [0.5, 0.6) is 0 Å². The minimum absolute atomic E-state index is 0.0114. The highest BCUT2D eigenvalue weighted by Gasteiger charge is 2.29. The second-order valence-corrected chi connectivity index (χ2v) is 8.43. The predicted octanol–water partition coefficient (Wildman–Crippen LogP) is 2.84. The van der Waals surface area contributed by atoms with E-state index in [4.69, 9.17) is 17.3 Å². The van der Waals surface area contributed by atoms with Gasteiger partial charge in [-0.25, -0.2) is 8.42 Å². The second-order valence-electron chi connectivity index (χ2n) is 6.11. The molecule has 0 spiro atoms. The Morgan fingerprint density at radius 1 is 1.12 bits per heavy atom. The summed E-state index contributed by atoms with van der Waals surface area (Å²) in [5.74, 6) is -0.333. The van der Waals surface area contributed by atoms with Crippen molar-refractivity contribution in [2.45, 2.75) is 24.3 Å². The van der Waals surface area contributed by atoms with Gasteiger partial charge in [0.25, 0.3) is 5.91 Å². The van der Waals surface area contributed by atoms with Crippen molar-refractivity contribution in [3.63, 3.8) is 0 Å². The van der Waals surface area contributed by atoms with Crippen molar-refractivity contribution in [1.29, 1.82) is 0 Å². The molecule has 0 unspecified atom stereocenters. The summed E-state index contributed by atoms with van der Waals surface area (Å²) < 4.78 is 26.9. The van der Waals surface area contributed by atoms with Gasteiger partial charge in [0.05, 0.1) is 5.02 Å². The molecule has 1 heterocycles. The van der Waals surface area contributed by atoms with E-state index in [1.165, 1.54) is 16.4 Å². The van der Waals surface area contributed by atoms with Crippen LogP contribution >= 0.6 is 11.6 Å². The Balaban J connectivity index is 1.83. The molecular formula is C18H20ClN3O3S. The zero-order valence-electron chi connectivity index (χ0n) is 14.1. The number of nitrogens with two attached hydrogens (primary N) is 1. The van der Waals surface area contributed by atoms with Gasteiger partial charge in [-0.15, -0.1) is 0 Å². The van der Waals surface area contributed by atoms with Crippen LogP contribution in [-0.4, -0.2) is 31.7 Å². The van der Waals surface area contributed by atoms with Crippen LogP contribution in [-0.2, 0) is 16.6 Å². The summed E-state index contributed by atoms with van der Waals surface area (Å²) in [6.07, 6.45) is 1.68. The lowest BCUT2D eigenvalue weighted by Gasteiger charge is -2.17. The number of anilines is 1. The summed E-state index contributed by atoms with van der Waals surface area (Å²) in [5, 5.41) is 2.86. The van der Waals surface area contributed by atoms with Crippen molar-refractivity contribution in [3.8, 4) is 0 Å². The van der Waals surface area contributed by atoms with Crippen molar-refractivity contribution in [2.75, 3.05) is 18.4 Å². The largest absolute Gasteiger partial charge is 0.326 e. The van der Waals surface area contributed by atoms with E-state index in [0.29, 0.717) is 30.9 Å². The van der Waals surface area contributed by atoms with E-state index in [1.807, 2.05) is 0 Å². The fraction of sp³-hybridized carbons (Fsp3) is 0.278. The first-order valence-corrected chi connectivity index (χ1v) is 10.1. The lowest BCUT2D eigenvalue weighted by molar-refractivity contribution is 0.102. The van der Waals surface area contributed by atoms with E-state index in [2.05, 4.69) is 5.32 Å². The fourth-order valence-electron chi connectivity index (χ4n) is 2.84. The third kappa shape index (κ3) is 3.91. The lowest BCUT2D eigenvalue weighted by atomic mass is 10.1. The molecule has 1 amide bonds. The van der Waals surface area contributed by atoms with E-state index in [0.717, 1.165) is 18.4 Å². The second kappa shape index (κ2) is 7.75. The molecule has 0 aliphatic carbocycles. The average Bonchev–Trinajstić information content (AvgIpc) is 3.19. The van der Waals surface area contributed by atoms with Crippen molar-refractivity contribution in [1.82, 2.24) is 4.31 Å². The van der Waals surface area contributed by atoms with Gasteiger partial charge in [0.2, 0.25) is 10.0 Å². The number of carbonyl (C=O) groups excluding carboxylic acids is 1. The highest BCUT2D eigenvalue weighted by molar-refractivity contribution is 7.89. The molecule has 1 aliphatic rings. The molecule has 26 heavy (non-hydrogen) atoms. The Morgan fingerprint density at radius 2 is 1.77 bits per heavy atom. The minimum Gasteiger partial charge on any atom is -0.326 e. The highest BCUT2D eigenvalue weighted by atomic mass is 35.5. The van der Waals surface area contributed by atoms with Gasteiger partial charge in [-0.3, -0.25) is 4.79 Å². The summed E-state index contributed by atoms with van der Waals surface area (Å²) in [6.45, 7) is 1.38. The zero-order chi connectivity index (χ0) is 18.7. The van der Waals surface area contributed by atoms with Gasteiger partial charge in [0, 0.05) is 30.9 Å². The minimum atomic E-state index is -3.67. The Labute approximate surface area is 158 Å².